The zero-order valence-corrected chi connectivity index (χ0v) is 25.9. The number of amides is 1. The van der Waals surface area contributed by atoms with E-state index in [0.717, 1.165) is 51.9 Å². The van der Waals surface area contributed by atoms with Crippen molar-refractivity contribution in [3.8, 4) is 0 Å². The van der Waals surface area contributed by atoms with Crippen LogP contribution in [-0.2, 0) is 38.6 Å². The van der Waals surface area contributed by atoms with Gasteiger partial charge in [0.15, 0.2) is 0 Å². The number of nitrogens with zero attached hydrogens (tertiary/aromatic N) is 2. The van der Waals surface area contributed by atoms with Gasteiger partial charge in [0.25, 0.3) is 0 Å². The monoisotopic (exact) mass is 695 g/mol. The Labute approximate surface area is 255 Å². The molecule has 4 atom stereocenters. The van der Waals surface area contributed by atoms with Crippen LogP contribution in [0, 0.1) is 5.92 Å². The predicted octanol–water partition coefficient (Wildman–Crippen LogP) is 3.93. The van der Waals surface area contributed by atoms with Crippen molar-refractivity contribution in [2.24, 2.45) is 5.92 Å². The van der Waals surface area contributed by atoms with E-state index < -0.39 is 6.09 Å². The average Bonchev–Trinajstić information content (AvgIpc) is 3.45. The lowest BCUT2D eigenvalue weighted by molar-refractivity contribution is -0.140. The molecule has 0 radical (unpaired) electrons. The molecule has 0 bridgehead atoms. The third-order valence-electron chi connectivity index (χ3n) is 7.98. The highest BCUT2D eigenvalue weighted by Gasteiger charge is 2.61. The summed E-state index contributed by atoms with van der Waals surface area (Å²) in [5.74, 6) is -0.454. The molecule has 2 saturated heterocycles. The third kappa shape index (κ3) is 6.86. The Morgan fingerprint density at radius 3 is 2.76 bits per heavy atom. The summed E-state index contributed by atoms with van der Waals surface area (Å²) in [5.41, 5.74) is 2.59. The minimum atomic E-state index is -0.525. The van der Waals surface area contributed by atoms with Crippen LogP contribution in [0.4, 0.5) is 4.79 Å². The van der Waals surface area contributed by atoms with Gasteiger partial charge in [0.1, 0.15) is 18.8 Å². The summed E-state index contributed by atoms with van der Waals surface area (Å²) >= 11 is 3.20. The van der Waals surface area contributed by atoms with Crippen molar-refractivity contribution in [1.82, 2.24) is 13.8 Å². The number of fused-ring (bicyclic) bond motifs is 3. The molecular weight excluding hydrogens is 661 g/mol. The number of aromatic nitrogens is 2. The van der Waals surface area contributed by atoms with Gasteiger partial charge in [-0.15, -0.1) is 0 Å². The average molecular weight is 696 g/mol. The molecule has 1 N–H and O–H groups in total. The summed E-state index contributed by atoms with van der Waals surface area (Å²) in [6, 6.07) is 7.40. The molecule has 220 valence electrons. The molecule has 10 nitrogen and oxygen atoms in total. The predicted molar refractivity (Wildman–Crippen MR) is 162 cm³/mol. The lowest BCUT2D eigenvalue weighted by Gasteiger charge is -2.20. The zero-order valence-electron chi connectivity index (χ0n) is 22.9. The highest BCUT2D eigenvalue weighted by atomic mass is 127. The maximum Gasteiger partial charge on any atom is 0.407 e. The van der Waals surface area contributed by atoms with E-state index in [9.17, 15) is 19.2 Å². The molecule has 3 aliphatic rings. The molecule has 12 heteroatoms. The van der Waals surface area contributed by atoms with Crippen molar-refractivity contribution in [3.63, 3.8) is 0 Å². The molecule has 3 heterocycles. The Hall–Kier alpha value is -2.71. The number of hydrogen-bond acceptors (Lipinski definition) is 8. The van der Waals surface area contributed by atoms with Gasteiger partial charge >= 0.3 is 22.6 Å². The van der Waals surface area contributed by atoms with Crippen LogP contribution in [-0.4, -0.2) is 49.4 Å². The molecule has 0 spiro atoms. The fourth-order valence-corrected chi connectivity index (χ4v) is 6.62. The quantitative estimate of drug-likeness (QED) is 0.106. The molecule has 0 saturated carbocycles. The van der Waals surface area contributed by atoms with Crippen LogP contribution in [0.1, 0.15) is 50.2 Å². The number of alkyl carbamates (subject to hydrolysis) is 1. The number of carbonyl (C=O) groups is 2. The number of allylic oxidation sites excluding steroid dienone is 1. The number of halogens is 1. The van der Waals surface area contributed by atoms with Crippen LogP contribution in [0.2, 0.25) is 0 Å². The molecule has 1 aromatic heterocycles. The summed E-state index contributed by atoms with van der Waals surface area (Å²) < 4.78 is 20.7. The topological polar surface area (TPSA) is 121 Å². The Morgan fingerprint density at radius 1 is 1.24 bits per heavy atom. The Bertz CT molecular complexity index is 1460. The number of ether oxygens (including phenoxy) is 3. The van der Waals surface area contributed by atoms with Gasteiger partial charge in [-0.3, -0.25) is 4.79 Å². The molecule has 2 aromatic rings. The second-order valence-electron chi connectivity index (χ2n) is 10.9. The van der Waals surface area contributed by atoms with E-state index in [0.29, 0.717) is 25.0 Å². The summed E-state index contributed by atoms with van der Waals surface area (Å²) in [6.45, 7) is 7.18. The molecule has 5 rings (SSSR count). The van der Waals surface area contributed by atoms with Gasteiger partial charge in [0, 0.05) is 40.5 Å². The molecular formula is C29H34IN3O7S. The molecule has 2 fully saturated rings. The number of nitrogens with one attached hydrogen (secondary N) is 1. The Kier molecular flexibility index (Phi) is 9.19. The van der Waals surface area contributed by atoms with Crippen LogP contribution in [0.15, 0.2) is 57.7 Å². The number of carbonyl (C=O) groups excluding carboxylic acids is 2. The molecule has 1 aliphatic carbocycles. The van der Waals surface area contributed by atoms with Crippen molar-refractivity contribution in [1.29, 1.82) is 0 Å². The number of esters is 1. The number of hydrogen-bond donors (Lipinski definition) is 1. The molecule has 2 aliphatic heterocycles. The number of rotatable bonds is 9. The first-order valence-corrected chi connectivity index (χ1v) is 16.1. The van der Waals surface area contributed by atoms with E-state index in [2.05, 4.69) is 40.6 Å². The van der Waals surface area contributed by atoms with Crippen LogP contribution < -0.4 is 15.9 Å². The number of benzene rings is 1. The first kappa shape index (κ1) is 29.8. The van der Waals surface area contributed by atoms with Crippen molar-refractivity contribution in [2.75, 3.05) is 11.0 Å². The minimum absolute atomic E-state index is 0.0911. The Morgan fingerprint density at radius 2 is 2.00 bits per heavy atom. The third-order valence-corrected chi connectivity index (χ3v) is 9.67. The van der Waals surface area contributed by atoms with E-state index in [4.69, 9.17) is 14.2 Å². The standard InChI is InChI=1S/C29H34IN3O7S/c1-18-22-11-10-21(5-3-12-29(2)24(40-29)23(22)39-25(18)34)17-38-26(35)31-15-19-6-8-20(9-7-19)16-32-27(36)33(14-4-13-30)41-28(32)37/h5-9,22-24H,1,3-4,10-17H2,2H3,(H,31,35)/b21-5+/t22-,23-,24-,29+/m0/s1. The highest BCUT2D eigenvalue weighted by molar-refractivity contribution is 14.1. The van der Waals surface area contributed by atoms with Gasteiger partial charge in [0.05, 0.1) is 12.1 Å². The molecule has 1 amide bonds. The van der Waals surface area contributed by atoms with Crippen LogP contribution >= 0.6 is 34.1 Å². The van der Waals surface area contributed by atoms with Crippen molar-refractivity contribution in [2.45, 2.75) is 76.5 Å². The van der Waals surface area contributed by atoms with Crippen molar-refractivity contribution >= 4 is 46.2 Å². The van der Waals surface area contributed by atoms with E-state index in [1.165, 1.54) is 8.52 Å². The lowest BCUT2D eigenvalue weighted by atomic mass is 9.84. The Balaban J connectivity index is 1.11. The second-order valence-corrected chi connectivity index (χ2v) is 13.0. The van der Waals surface area contributed by atoms with Gasteiger partial charge in [0.2, 0.25) is 0 Å². The second kappa shape index (κ2) is 12.7. The fourth-order valence-electron chi connectivity index (χ4n) is 5.45. The largest absolute Gasteiger partial charge is 0.455 e. The maximum absolute atomic E-state index is 12.5. The van der Waals surface area contributed by atoms with Crippen molar-refractivity contribution < 1.29 is 23.8 Å². The van der Waals surface area contributed by atoms with E-state index in [-0.39, 0.29) is 60.0 Å². The lowest BCUT2D eigenvalue weighted by Crippen LogP contribution is -2.29. The summed E-state index contributed by atoms with van der Waals surface area (Å²) in [5, 5.41) is 2.77. The highest BCUT2D eigenvalue weighted by Crippen LogP contribution is 2.49. The fraction of sp³-hybridized carbons (Fsp3) is 0.517. The SMILES string of the molecule is C=C1C(=O)O[C@H]2[C@H]1CC/C(COC(=O)NCc1ccc(Cn3c(=O)sn(CCCI)c3=O)cc1)=C\CC[C@@]1(C)O[C@@H]21. The number of aryl methyl sites for hydroxylation is 1. The van der Waals surface area contributed by atoms with Crippen LogP contribution in [0.5, 0.6) is 0 Å². The zero-order chi connectivity index (χ0) is 29.1. The first-order valence-electron chi connectivity index (χ1n) is 13.8. The van der Waals surface area contributed by atoms with Crippen molar-refractivity contribution in [3.05, 3.63) is 79.3 Å². The van der Waals surface area contributed by atoms with E-state index in [1.807, 2.05) is 31.2 Å². The first-order chi connectivity index (χ1) is 19.7. The van der Waals surface area contributed by atoms with Gasteiger partial charge < -0.3 is 19.5 Å². The van der Waals surface area contributed by atoms with E-state index in [1.54, 1.807) is 0 Å². The van der Waals surface area contributed by atoms with Gasteiger partial charge in [-0.1, -0.05) is 59.5 Å². The molecule has 1 aromatic carbocycles. The van der Waals surface area contributed by atoms with Gasteiger partial charge in [-0.05, 0) is 55.7 Å². The summed E-state index contributed by atoms with van der Waals surface area (Å²) in [7, 11) is 0. The van der Waals surface area contributed by atoms with Crippen LogP contribution in [0.25, 0.3) is 0 Å². The summed E-state index contributed by atoms with van der Waals surface area (Å²) in [4.78, 5) is 49.2. The smallest absolute Gasteiger partial charge is 0.407 e. The minimum Gasteiger partial charge on any atom is -0.455 e. The number of epoxide rings is 1. The normalized spacial score (nSPS) is 26.8. The van der Waals surface area contributed by atoms with E-state index >= 15 is 0 Å². The maximum atomic E-state index is 12.5. The van der Waals surface area contributed by atoms with Crippen LogP contribution in [0.3, 0.4) is 0 Å². The molecule has 41 heavy (non-hydrogen) atoms. The molecule has 0 unspecified atom stereocenters. The van der Waals surface area contributed by atoms with Gasteiger partial charge in [-0.2, -0.15) is 0 Å². The summed E-state index contributed by atoms with van der Waals surface area (Å²) in [6.07, 6.45) is 4.96. The van der Waals surface area contributed by atoms with Gasteiger partial charge in [-0.25, -0.2) is 22.9 Å². The number of alkyl halides is 1.